The van der Waals surface area contributed by atoms with Gasteiger partial charge in [0, 0.05) is 30.4 Å². The number of nitrogens with zero attached hydrogens (tertiary/aromatic N) is 7. The number of fused-ring (bicyclic) bond motifs is 1. The van der Waals surface area contributed by atoms with E-state index in [0.29, 0.717) is 33.9 Å². The van der Waals surface area contributed by atoms with Crippen molar-refractivity contribution in [3.63, 3.8) is 0 Å². The maximum atomic E-state index is 13.5. The Balaban J connectivity index is 1.48. The first-order valence-electron chi connectivity index (χ1n) is 13.7. The van der Waals surface area contributed by atoms with Crippen LogP contribution in [0.2, 0.25) is 0 Å². The minimum Gasteiger partial charge on any atom is -0.434 e. The van der Waals surface area contributed by atoms with Crippen molar-refractivity contribution in [1.82, 2.24) is 40.3 Å². The number of amides is 2. The van der Waals surface area contributed by atoms with E-state index in [4.69, 9.17) is 19.9 Å². The number of hydrogen-bond donors (Lipinski definition) is 2. The number of ether oxygens (including phenoxy) is 3. The van der Waals surface area contributed by atoms with E-state index < -0.39 is 41.6 Å². The van der Waals surface area contributed by atoms with E-state index in [9.17, 15) is 19.2 Å². The summed E-state index contributed by atoms with van der Waals surface area (Å²) in [5.74, 6) is -0.968. The highest BCUT2D eigenvalue weighted by Gasteiger charge is 2.54. The van der Waals surface area contributed by atoms with Gasteiger partial charge in [0.05, 0.1) is 25.3 Å². The molecule has 2 aliphatic rings. The van der Waals surface area contributed by atoms with Crippen LogP contribution in [-0.2, 0) is 41.6 Å². The van der Waals surface area contributed by atoms with Gasteiger partial charge in [-0.25, -0.2) is 19.3 Å². The molecular weight excluding hydrogens is 635 g/mol. The largest absolute Gasteiger partial charge is 0.511 e. The molecule has 0 saturated carbocycles. The zero-order valence-electron chi connectivity index (χ0n) is 24.9. The third-order valence-corrected chi connectivity index (χ3v) is 9.28. The summed E-state index contributed by atoms with van der Waals surface area (Å²) in [5.41, 5.74) is 6.79. The number of β-lactam (4-membered cyclic amide) rings is 1. The number of anilines is 1. The van der Waals surface area contributed by atoms with Crippen LogP contribution < -0.4 is 11.1 Å². The highest BCUT2D eigenvalue weighted by Crippen LogP contribution is 2.42. The summed E-state index contributed by atoms with van der Waals surface area (Å²) in [7, 11) is 3.89. The molecule has 0 aromatic carbocycles. The number of rotatable bonds is 14. The molecule has 240 valence electrons. The predicted molar refractivity (Wildman–Crippen MR) is 162 cm³/mol. The molecule has 4 rings (SSSR count). The molecule has 4 heterocycles. The van der Waals surface area contributed by atoms with Gasteiger partial charge in [-0.3, -0.25) is 14.5 Å². The van der Waals surface area contributed by atoms with Crippen molar-refractivity contribution < 1.29 is 33.4 Å². The van der Waals surface area contributed by atoms with Crippen LogP contribution in [0, 0.1) is 5.92 Å². The van der Waals surface area contributed by atoms with Crippen LogP contribution in [0.1, 0.15) is 26.5 Å². The Morgan fingerprint density at radius 3 is 2.70 bits per heavy atom. The molecule has 1 unspecified atom stereocenters. The van der Waals surface area contributed by atoms with Crippen molar-refractivity contribution >= 4 is 63.9 Å². The molecule has 3 N–H and O–H groups in total. The first kappa shape index (κ1) is 33.5. The average molecular weight is 670 g/mol. The lowest BCUT2D eigenvalue weighted by molar-refractivity contribution is -0.169. The lowest BCUT2D eigenvalue weighted by atomic mass is 10.0. The lowest BCUT2D eigenvalue weighted by Gasteiger charge is -2.49. The molecule has 0 aliphatic carbocycles. The van der Waals surface area contributed by atoms with E-state index in [1.54, 1.807) is 10.1 Å². The van der Waals surface area contributed by atoms with Gasteiger partial charge < -0.3 is 30.2 Å². The van der Waals surface area contributed by atoms with Crippen molar-refractivity contribution in [2.75, 3.05) is 44.5 Å². The monoisotopic (exact) mass is 669 g/mol. The van der Waals surface area contributed by atoms with E-state index in [1.807, 2.05) is 32.8 Å². The van der Waals surface area contributed by atoms with Gasteiger partial charge in [0.1, 0.15) is 17.1 Å². The van der Waals surface area contributed by atoms with E-state index in [1.165, 1.54) is 46.7 Å². The number of esters is 1. The quantitative estimate of drug-likeness (QED) is 0.125. The number of carbonyl (C=O) groups is 4. The smallest absolute Gasteiger partial charge is 0.434 e. The predicted octanol–water partition coefficient (Wildman–Crippen LogP) is 0.961. The first-order valence-corrected chi connectivity index (χ1v) is 16.6. The fourth-order valence-corrected chi connectivity index (χ4v) is 7.05. The molecule has 2 aromatic rings. The summed E-state index contributed by atoms with van der Waals surface area (Å²) in [4.78, 5) is 58.9. The minimum atomic E-state index is -1.28. The normalized spacial score (nSPS) is 18.6. The summed E-state index contributed by atoms with van der Waals surface area (Å²) in [6, 6.07) is -0.849. The standard InChI is InChI=1S/C25H35N9O7S3/c1-13(2)9-39-25(38)41-14(3)40-22(37)19-15(11-44-24-29-30-31-33(24)7-6-32(4)5)10-42-21-18(20(36)34(19)21)28-17(35)8-16-12-43-23(26)27-16/h12-14,18,21H,6-11H2,1-5H3,(H2,26,27)(H,28,35)/t14?,18-,21-/m1/s1. The van der Waals surface area contributed by atoms with Crippen molar-refractivity contribution in [1.29, 1.82) is 0 Å². The second-order valence-electron chi connectivity index (χ2n) is 10.6. The Hall–Kier alpha value is -3.42. The number of nitrogen functional groups attached to an aromatic ring is 1. The molecule has 19 heteroatoms. The summed E-state index contributed by atoms with van der Waals surface area (Å²) in [5, 5.41) is 16.7. The van der Waals surface area contributed by atoms with Crippen LogP contribution in [0.4, 0.5) is 9.93 Å². The molecule has 3 atom stereocenters. The van der Waals surface area contributed by atoms with Crippen molar-refractivity contribution in [3.8, 4) is 0 Å². The topological polar surface area (TPSA) is 197 Å². The van der Waals surface area contributed by atoms with Gasteiger partial charge in [0.15, 0.2) is 5.13 Å². The third-order valence-electron chi connectivity index (χ3n) is 6.17. The second-order valence-corrected chi connectivity index (χ2v) is 13.5. The summed E-state index contributed by atoms with van der Waals surface area (Å²) < 4.78 is 17.2. The van der Waals surface area contributed by atoms with Crippen molar-refractivity contribution in [2.45, 2.75) is 56.6 Å². The SMILES string of the molecule is CC(C)COC(=O)OC(C)OC(=O)C1=C(CSc2nnnn2CCN(C)C)CS[C@@H]2[C@H](NC(=O)Cc3csc(N)n3)C(=O)N12. The average Bonchev–Trinajstić information content (AvgIpc) is 3.59. The molecule has 0 spiro atoms. The van der Waals surface area contributed by atoms with Crippen LogP contribution in [-0.4, -0.2) is 115 Å². The van der Waals surface area contributed by atoms with Crippen molar-refractivity contribution in [2.24, 2.45) is 5.92 Å². The lowest BCUT2D eigenvalue weighted by Crippen LogP contribution is -2.70. The Morgan fingerprint density at radius 2 is 2.02 bits per heavy atom. The summed E-state index contributed by atoms with van der Waals surface area (Å²) in [6.45, 7) is 6.55. The molecule has 1 saturated heterocycles. The highest BCUT2D eigenvalue weighted by molar-refractivity contribution is 8.01. The summed E-state index contributed by atoms with van der Waals surface area (Å²) in [6.07, 6.45) is -2.30. The third kappa shape index (κ3) is 8.60. The van der Waals surface area contributed by atoms with Gasteiger partial charge in [-0.15, -0.1) is 28.2 Å². The van der Waals surface area contributed by atoms with Gasteiger partial charge in [-0.1, -0.05) is 25.6 Å². The minimum absolute atomic E-state index is 0.0299. The zero-order valence-corrected chi connectivity index (χ0v) is 27.4. The first-order chi connectivity index (χ1) is 20.9. The number of thiazole rings is 1. The van der Waals surface area contributed by atoms with E-state index >= 15 is 0 Å². The molecule has 16 nitrogen and oxygen atoms in total. The maximum Gasteiger partial charge on any atom is 0.511 e. The van der Waals surface area contributed by atoms with Gasteiger partial charge in [-0.05, 0) is 36.0 Å². The van der Waals surface area contributed by atoms with Crippen molar-refractivity contribution in [3.05, 3.63) is 22.3 Å². The number of nitrogens with one attached hydrogen (secondary N) is 1. The number of aromatic nitrogens is 5. The van der Waals surface area contributed by atoms with Crippen LogP contribution in [0.5, 0.6) is 0 Å². The zero-order chi connectivity index (χ0) is 32.0. The van der Waals surface area contributed by atoms with E-state index in [-0.39, 0.29) is 30.4 Å². The molecule has 2 aliphatic heterocycles. The number of hydrogen-bond acceptors (Lipinski definition) is 16. The van der Waals surface area contributed by atoms with Crippen LogP contribution in [0.3, 0.4) is 0 Å². The number of thioether (sulfide) groups is 2. The Bertz CT molecular complexity index is 1400. The van der Waals surface area contributed by atoms with Crippen LogP contribution >= 0.6 is 34.9 Å². The number of likely N-dealkylation sites (N-methyl/N-ethyl adjacent to an activating group) is 1. The van der Waals surface area contributed by atoms with Gasteiger partial charge in [0.25, 0.3) is 5.91 Å². The molecular formula is C25H35N9O7S3. The Morgan fingerprint density at radius 1 is 1.25 bits per heavy atom. The van der Waals surface area contributed by atoms with E-state index in [2.05, 4.69) is 25.8 Å². The Labute approximate surface area is 266 Å². The maximum absolute atomic E-state index is 13.5. The fraction of sp³-hybridized carbons (Fsp3) is 0.600. The number of tetrazole rings is 1. The highest BCUT2D eigenvalue weighted by atomic mass is 32.2. The van der Waals surface area contributed by atoms with E-state index in [0.717, 1.165) is 6.54 Å². The molecule has 44 heavy (non-hydrogen) atoms. The molecule has 2 amide bonds. The molecule has 0 bridgehead atoms. The summed E-state index contributed by atoms with van der Waals surface area (Å²) >= 11 is 3.94. The Kier molecular flexibility index (Phi) is 11.4. The van der Waals surface area contributed by atoms with Gasteiger partial charge >= 0.3 is 12.1 Å². The molecule has 0 radical (unpaired) electrons. The molecule has 1 fully saturated rings. The van der Waals surface area contributed by atoms with Crippen LogP contribution in [0.25, 0.3) is 0 Å². The second kappa shape index (κ2) is 15.0. The molecule has 2 aromatic heterocycles. The number of nitrogens with two attached hydrogens (primary N) is 1. The van der Waals surface area contributed by atoms with Gasteiger partial charge in [0.2, 0.25) is 17.4 Å². The van der Waals surface area contributed by atoms with Gasteiger partial charge in [-0.2, -0.15) is 0 Å². The fourth-order valence-electron chi connectivity index (χ4n) is 4.10. The van der Waals surface area contributed by atoms with Crippen LogP contribution in [0.15, 0.2) is 21.8 Å². The number of carbonyl (C=O) groups excluding carboxylic acids is 4.